The molecule has 144 valence electrons. The van der Waals surface area contributed by atoms with Gasteiger partial charge in [-0.1, -0.05) is 30.3 Å². The van der Waals surface area contributed by atoms with Crippen molar-refractivity contribution in [2.75, 3.05) is 31.9 Å². The summed E-state index contributed by atoms with van der Waals surface area (Å²) in [5.74, 6) is 1.01. The molecule has 1 amide bonds. The van der Waals surface area contributed by atoms with Crippen molar-refractivity contribution in [2.24, 2.45) is 11.8 Å². The predicted molar refractivity (Wildman–Crippen MR) is 103 cm³/mol. The molecule has 2 aliphatic heterocycles. The van der Waals surface area contributed by atoms with Crippen molar-refractivity contribution in [3.8, 4) is 0 Å². The minimum atomic E-state index is -3.12. The maximum atomic E-state index is 12.8. The van der Waals surface area contributed by atoms with Crippen molar-refractivity contribution in [1.82, 2.24) is 9.21 Å². The van der Waals surface area contributed by atoms with Crippen LogP contribution in [-0.2, 0) is 21.2 Å². The number of piperidine rings is 2. The van der Waals surface area contributed by atoms with E-state index in [0.717, 1.165) is 32.4 Å². The van der Waals surface area contributed by atoms with E-state index in [1.807, 2.05) is 11.0 Å². The van der Waals surface area contributed by atoms with Crippen LogP contribution in [0.15, 0.2) is 30.3 Å². The maximum absolute atomic E-state index is 12.8. The average molecular weight is 379 g/mol. The van der Waals surface area contributed by atoms with Gasteiger partial charge in [0.15, 0.2) is 0 Å². The van der Waals surface area contributed by atoms with Crippen LogP contribution in [0.5, 0.6) is 0 Å². The number of hydrogen-bond donors (Lipinski definition) is 0. The summed E-state index contributed by atoms with van der Waals surface area (Å²) >= 11 is 0. The number of benzene rings is 1. The molecule has 0 saturated carbocycles. The number of carbonyl (C=O) groups excluding carboxylic acids is 1. The van der Waals surface area contributed by atoms with Crippen molar-refractivity contribution in [2.45, 2.75) is 39.0 Å². The molecule has 6 heteroatoms. The molecule has 0 radical (unpaired) electrons. The summed E-state index contributed by atoms with van der Waals surface area (Å²) in [6, 6.07) is 10.6. The molecule has 3 rings (SSSR count). The largest absolute Gasteiger partial charge is 0.342 e. The lowest BCUT2D eigenvalue weighted by Gasteiger charge is -2.37. The normalized spacial score (nSPS) is 21.0. The number of nitrogens with zero attached hydrogens (tertiary/aromatic N) is 2. The van der Waals surface area contributed by atoms with E-state index in [1.165, 1.54) is 5.56 Å². The number of likely N-dealkylation sites (tertiary alicyclic amines) is 1. The molecular formula is C20H30N2O3S. The Morgan fingerprint density at radius 1 is 1.00 bits per heavy atom. The van der Waals surface area contributed by atoms with E-state index < -0.39 is 10.0 Å². The van der Waals surface area contributed by atoms with Gasteiger partial charge in [-0.25, -0.2) is 12.7 Å². The van der Waals surface area contributed by atoms with E-state index in [1.54, 1.807) is 11.2 Å². The fraction of sp³-hybridized carbons (Fsp3) is 0.650. The van der Waals surface area contributed by atoms with Crippen LogP contribution in [0.4, 0.5) is 0 Å². The molecular weight excluding hydrogens is 348 g/mol. The van der Waals surface area contributed by atoms with Crippen LogP contribution in [0.1, 0.15) is 38.2 Å². The Labute approximate surface area is 157 Å². The lowest BCUT2D eigenvalue weighted by atomic mass is 9.89. The van der Waals surface area contributed by atoms with Crippen LogP contribution in [0.2, 0.25) is 0 Å². The molecule has 0 spiro atoms. The third-order valence-electron chi connectivity index (χ3n) is 5.85. The molecule has 5 nitrogen and oxygen atoms in total. The third-order valence-corrected chi connectivity index (χ3v) is 7.74. The minimum Gasteiger partial charge on any atom is -0.342 e. The van der Waals surface area contributed by atoms with E-state index in [9.17, 15) is 13.2 Å². The summed E-state index contributed by atoms with van der Waals surface area (Å²) < 4.78 is 25.4. The number of rotatable bonds is 5. The van der Waals surface area contributed by atoms with Crippen LogP contribution >= 0.6 is 0 Å². The first kappa shape index (κ1) is 19.4. The first-order valence-corrected chi connectivity index (χ1v) is 11.4. The van der Waals surface area contributed by atoms with Gasteiger partial charge in [0, 0.05) is 32.1 Å². The van der Waals surface area contributed by atoms with Crippen molar-refractivity contribution in [1.29, 1.82) is 0 Å². The lowest BCUT2D eigenvalue weighted by molar-refractivity contribution is -0.138. The first-order valence-electron chi connectivity index (χ1n) is 9.80. The number of carbonyl (C=O) groups is 1. The van der Waals surface area contributed by atoms with Crippen LogP contribution in [0.25, 0.3) is 0 Å². The maximum Gasteiger partial charge on any atom is 0.225 e. The molecule has 2 heterocycles. The second kappa shape index (κ2) is 8.53. The molecule has 1 aromatic rings. The highest BCUT2D eigenvalue weighted by molar-refractivity contribution is 7.89. The topological polar surface area (TPSA) is 57.7 Å². The van der Waals surface area contributed by atoms with E-state index >= 15 is 0 Å². The van der Waals surface area contributed by atoms with Crippen LogP contribution < -0.4 is 0 Å². The van der Waals surface area contributed by atoms with Crippen molar-refractivity contribution in [3.63, 3.8) is 0 Å². The Morgan fingerprint density at radius 3 is 2.19 bits per heavy atom. The zero-order valence-electron chi connectivity index (χ0n) is 15.6. The highest BCUT2D eigenvalue weighted by atomic mass is 32.2. The van der Waals surface area contributed by atoms with Crippen LogP contribution in [0, 0.1) is 11.8 Å². The molecule has 2 aliphatic rings. The molecule has 0 bridgehead atoms. The van der Waals surface area contributed by atoms with Gasteiger partial charge in [0.2, 0.25) is 15.9 Å². The number of amides is 1. The molecule has 1 aromatic carbocycles. The van der Waals surface area contributed by atoms with Gasteiger partial charge < -0.3 is 4.90 Å². The number of hydrogen-bond acceptors (Lipinski definition) is 3. The van der Waals surface area contributed by atoms with Gasteiger partial charge in [0.25, 0.3) is 0 Å². The Kier molecular flexibility index (Phi) is 6.35. The van der Waals surface area contributed by atoms with Gasteiger partial charge in [-0.3, -0.25) is 4.79 Å². The summed E-state index contributed by atoms with van der Waals surface area (Å²) in [5.41, 5.74) is 1.38. The minimum absolute atomic E-state index is 0.0102. The Morgan fingerprint density at radius 2 is 1.62 bits per heavy atom. The summed E-state index contributed by atoms with van der Waals surface area (Å²) in [5, 5.41) is 0. The fourth-order valence-corrected chi connectivity index (χ4v) is 5.26. The molecule has 2 fully saturated rings. The Hall–Kier alpha value is -1.40. The zero-order valence-corrected chi connectivity index (χ0v) is 16.5. The van der Waals surface area contributed by atoms with Crippen molar-refractivity contribution < 1.29 is 13.2 Å². The van der Waals surface area contributed by atoms with E-state index in [-0.39, 0.29) is 17.6 Å². The van der Waals surface area contributed by atoms with Crippen LogP contribution in [0.3, 0.4) is 0 Å². The highest BCUT2D eigenvalue weighted by Crippen LogP contribution is 2.26. The SMILES string of the molecule is CCS(=O)(=O)N1CCC(C(=O)N2CCC(Cc3ccccc3)CC2)CC1. The van der Waals surface area contributed by atoms with Crippen molar-refractivity contribution in [3.05, 3.63) is 35.9 Å². The van der Waals surface area contributed by atoms with Gasteiger partial charge in [0.05, 0.1) is 5.75 Å². The smallest absolute Gasteiger partial charge is 0.225 e. The monoisotopic (exact) mass is 378 g/mol. The average Bonchev–Trinajstić information content (AvgIpc) is 2.69. The van der Waals surface area contributed by atoms with Gasteiger partial charge in [-0.15, -0.1) is 0 Å². The van der Waals surface area contributed by atoms with E-state index in [4.69, 9.17) is 0 Å². The number of sulfonamides is 1. The van der Waals surface area contributed by atoms with E-state index in [0.29, 0.717) is 31.8 Å². The van der Waals surface area contributed by atoms with Gasteiger partial charge in [-0.2, -0.15) is 0 Å². The first-order chi connectivity index (χ1) is 12.5. The summed E-state index contributed by atoms with van der Waals surface area (Å²) in [6.07, 6.45) is 4.52. The molecule has 0 unspecified atom stereocenters. The molecule has 0 aliphatic carbocycles. The fourth-order valence-electron chi connectivity index (χ4n) is 4.13. The second-order valence-electron chi connectivity index (χ2n) is 7.53. The molecule has 2 saturated heterocycles. The molecule has 26 heavy (non-hydrogen) atoms. The highest BCUT2D eigenvalue weighted by Gasteiger charge is 2.33. The Bertz CT molecular complexity index is 689. The Balaban J connectivity index is 1.46. The lowest BCUT2D eigenvalue weighted by Crippen LogP contribution is -2.46. The quantitative estimate of drug-likeness (QED) is 0.791. The molecule has 0 aromatic heterocycles. The molecule has 0 N–H and O–H groups in total. The van der Waals surface area contributed by atoms with Gasteiger partial charge in [-0.05, 0) is 50.5 Å². The second-order valence-corrected chi connectivity index (χ2v) is 9.79. The summed E-state index contributed by atoms with van der Waals surface area (Å²) in [6.45, 7) is 4.31. The van der Waals surface area contributed by atoms with E-state index in [2.05, 4.69) is 24.3 Å². The van der Waals surface area contributed by atoms with Crippen molar-refractivity contribution >= 4 is 15.9 Å². The summed E-state index contributed by atoms with van der Waals surface area (Å²) in [7, 11) is -3.12. The van der Waals surface area contributed by atoms with Gasteiger partial charge in [0.1, 0.15) is 0 Å². The predicted octanol–water partition coefficient (Wildman–Crippen LogP) is 2.53. The van der Waals surface area contributed by atoms with Crippen LogP contribution in [-0.4, -0.2) is 55.5 Å². The summed E-state index contributed by atoms with van der Waals surface area (Å²) in [4.78, 5) is 14.8. The standard InChI is InChI=1S/C20H30N2O3S/c1-2-26(24,25)22-14-10-19(11-15-22)20(23)21-12-8-18(9-13-21)16-17-6-4-3-5-7-17/h3-7,18-19H,2,8-16H2,1H3. The van der Waals surface area contributed by atoms with Gasteiger partial charge >= 0.3 is 0 Å². The molecule has 0 atom stereocenters. The third kappa shape index (κ3) is 4.65. The zero-order chi connectivity index (χ0) is 18.6.